The first-order chi connectivity index (χ1) is 7.47. The second kappa shape index (κ2) is 5.30. The molecule has 4 heteroatoms. The van der Waals surface area contributed by atoms with Crippen molar-refractivity contribution in [1.29, 1.82) is 0 Å². The highest BCUT2D eigenvalue weighted by Gasteiger charge is 2.25. The zero-order valence-corrected chi connectivity index (χ0v) is 10.5. The summed E-state index contributed by atoms with van der Waals surface area (Å²) >= 11 is 5.94. The standard InChI is InChI=1S/C12H17ClN2O/c1-7-4-5-9(12(14)16)6-10(7)8(2)11(13)15-3/h9H,2,4-6H2,1,3H3,(H2,14,16)/b15-11+/t9-/m0/s1. The molecule has 0 heterocycles. The number of nitrogens with zero attached hydrogens (tertiary/aromatic N) is 1. The molecule has 16 heavy (non-hydrogen) atoms. The fourth-order valence-corrected chi connectivity index (χ4v) is 2.06. The largest absolute Gasteiger partial charge is 0.369 e. The number of carbonyl (C=O) groups is 1. The second-order valence-electron chi connectivity index (χ2n) is 4.09. The number of carbonyl (C=O) groups excluding carboxylic acids is 1. The predicted molar refractivity (Wildman–Crippen MR) is 67.6 cm³/mol. The molecule has 1 atom stereocenters. The van der Waals surface area contributed by atoms with Crippen molar-refractivity contribution in [2.45, 2.75) is 26.2 Å². The Morgan fingerprint density at radius 3 is 2.75 bits per heavy atom. The van der Waals surface area contributed by atoms with Crippen molar-refractivity contribution >= 4 is 22.7 Å². The molecule has 2 N–H and O–H groups in total. The van der Waals surface area contributed by atoms with Gasteiger partial charge in [0.15, 0.2) is 0 Å². The lowest BCUT2D eigenvalue weighted by molar-refractivity contribution is -0.122. The summed E-state index contributed by atoms with van der Waals surface area (Å²) in [7, 11) is 1.62. The maximum atomic E-state index is 11.2. The molecular formula is C12H17ClN2O. The molecule has 0 radical (unpaired) electrons. The molecule has 0 aliphatic heterocycles. The Hall–Kier alpha value is -1.09. The van der Waals surface area contributed by atoms with E-state index in [9.17, 15) is 4.79 Å². The van der Waals surface area contributed by atoms with E-state index in [0.717, 1.165) is 18.4 Å². The molecule has 0 fully saturated rings. The van der Waals surface area contributed by atoms with E-state index in [1.807, 2.05) is 6.92 Å². The monoisotopic (exact) mass is 240 g/mol. The molecule has 0 aromatic carbocycles. The molecule has 0 unspecified atom stereocenters. The van der Waals surface area contributed by atoms with Crippen LogP contribution in [0.3, 0.4) is 0 Å². The molecule has 88 valence electrons. The molecule has 1 aliphatic carbocycles. The van der Waals surface area contributed by atoms with Gasteiger partial charge in [0.05, 0.1) is 0 Å². The van der Waals surface area contributed by atoms with E-state index < -0.39 is 0 Å². The number of primary amides is 1. The normalized spacial score (nSPS) is 22.2. The van der Waals surface area contributed by atoms with Gasteiger partial charge < -0.3 is 5.73 Å². The van der Waals surface area contributed by atoms with Crippen LogP contribution in [0.2, 0.25) is 0 Å². The molecule has 0 saturated heterocycles. The summed E-state index contributed by atoms with van der Waals surface area (Å²) in [5.74, 6) is -0.348. The van der Waals surface area contributed by atoms with Gasteiger partial charge in [-0.2, -0.15) is 0 Å². The molecule has 0 aromatic heterocycles. The van der Waals surface area contributed by atoms with Crippen LogP contribution in [-0.4, -0.2) is 18.1 Å². The fraction of sp³-hybridized carbons (Fsp3) is 0.500. The number of amides is 1. The molecule has 0 bridgehead atoms. The number of halogens is 1. The van der Waals surface area contributed by atoms with Crippen LogP contribution in [0.25, 0.3) is 0 Å². The zero-order chi connectivity index (χ0) is 12.3. The Bertz CT molecular complexity index is 382. The van der Waals surface area contributed by atoms with Crippen molar-refractivity contribution in [3.05, 3.63) is 23.3 Å². The first-order valence-electron chi connectivity index (χ1n) is 5.27. The van der Waals surface area contributed by atoms with Crippen LogP contribution in [0.4, 0.5) is 0 Å². The fourth-order valence-electron chi connectivity index (χ4n) is 1.95. The second-order valence-corrected chi connectivity index (χ2v) is 4.45. The van der Waals surface area contributed by atoms with Gasteiger partial charge >= 0.3 is 0 Å². The molecule has 0 spiro atoms. The predicted octanol–water partition coefficient (Wildman–Crippen LogP) is 2.41. The van der Waals surface area contributed by atoms with Gasteiger partial charge in [-0.3, -0.25) is 9.79 Å². The quantitative estimate of drug-likeness (QED) is 0.757. The summed E-state index contributed by atoms with van der Waals surface area (Å²) in [6, 6.07) is 0. The minimum Gasteiger partial charge on any atom is -0.369 e. The Kier molecular flexibility index (Phi) is 4.30. The number of allylic oxidation sites excluding steroid dienone is 3. The number of rotatable bonds is 3. The van der Waals surface area contributed by atoms with Gasteiger partial charge in [-0.15, -0.1) is 0 Å². The Labute approximate surface area is 101 Å². The summed E-state index contributed by atoms with van der Waals surface area (Å²) in [4.78, 5) is 15.1. The Balaban J connectivity index is 2.94. The summed E-state index contributed by atoms with van der Waals surface area (Å²) in [6.07, 6.45) is 2.32. The van der Waals surface area contributed by atoms with Gasteiger partial charge in [-0.25, -0.2) is 0 Å². The lowest BCUT2D eigenvalue weighted by atomic mass is 9.81. The van der Waals surface area contributed by atoms with Gasteiger partial charge in [0.25, 0.3) is 0 Å². The van der Waals surface area contributed by atoms with Crippen molar-refractivity contribution in [2.75, 3.05) is 7.05 Å². The van der Waals surface area contributed by atoms with Crippen LogP contribution in [-0.2, 0) is 4.79 Å². The van der Waals surface area contributed by atoms with Crippen LogP contribution in [0, 0.1) is 5.92 Å². The van der Waals surface area contributed by atoms with Gasteiger partial charge in [0.2, 0.25) is 5.91 Å². The van der Waals surface area contributed by atoms with E-state index in [-0.39, 0.29) is 11.8 Å². The van der Waals surface area contributed by atoms with Gasteiger partial charge in [0.1, 0.15) is 5.17 Å². The summed E-state index contributed by atoms with van der Waals surface area (Å²) in [6.45, 7) is 5.96. The first-order valence-corrected chi connectivity index (χ1v) is 5.65. The van der Waals surface area contributed by atoms with Crippen LogP contribution < -0.4 is 5.73 Å². The highest BCUT2D eigenvalue weighted by atomic mass is 35.5. The topological polar surface area (TPSA) is 55.5 Å². The van der Waals surface area contributed by atoms with Gasteiger partial charge in [-0.05, 0) is 31.8 Å². The third-order valence-corrected chi connectivity index (χ3v) is 3.44. The van der Waals surface area contributed by atoms with Gasteiger partial charge in [0, 0.05) is 18.5 Å². The Morgan fingerprint density at radius 2 is 2.25 bits per heavy atom. The van der Waals surface area contributed by atoms with Crippen molar-refractivity contribution in [3.63, 3.8) is 0 Å². The SMILES string of the molecule is C=C(C1=C(C)CC[C@H](C(N)=O)C1)/C(Cl)=N\C. The molecule has 0 aromatic rings. The number of hydrogen-bond donors (Lipinski definition) is 1. The van der Waals surface area contributed by atoms with Crippen molar-refractivity contribution in [3.8, 4) is 0 Å². The van der Waals surface area contributed by atoms with E-state index in [2.05, 4.69) is 11.6 Å². The first kappa shape index (κ1) is 13.0. The number of nitrogens with two attached hydrogens (primary N) is 1. The smallest absolute Gasteiger partial charge is 0.220 e. The average molecular weight is 241 g/mol. The summed E-state index contributed by atoms with van der Waals surface area (Å²) < 4.78 is 0. The number of hydrogen-bond acceptors (Lipinski definition) is 2. The molecule has 1 rings (SSSR count). The van der Waals surface area contributed by atoms with Crippen LogP contribution in [0.5, 0.6) is 0 Å². The van der Waals surface area contributed by atoms with E-state index in [1.54, 1.807) is 7.05 Å². The molecule has 3 nitrogen and oxygen atoms in total. The van der Waals surface area contributed by atoms with Crippen LogP contribution in [0.1, 0.15) is 26.2 Å². The maximum absolute atomic E-state index is 11.2. The van der Waals surface area contributed by atoms with Gasteiger partial charge in [-0.1, -0.05) is 23.8 Å². The van der Waals surface area contributed by atoms with Crippen molar-refractivity contribution in [2.24, 2.45) is 16.6 Å². The lowest BCUT2D eigenvalue weighted by Gasteiger charge is -2.24. The molecule has 1 amide bonds. The Morgan fingerprint density at radius 1 is 1.62 bits per heavy atom. The summed E-state index contributed by atoms with van der Waals surface area (Å²) in [5.41, 5.74) is 8.30. The highest BCUT2D eigenvalue weighted by Crippen LogP contribution is 2.33. The van der Waals surface area contributed by atoms with E-state index >= 15 is 0 Å². The highest BCUT2D eigenvalue weighted by molar-refractivity contribution is 6.70. The van der Waals surface area contributed by atoms with E-state index in [0.29, 0.717) is 17.2 Å². The maximum Gasteiger partial charge on any atom is 0.220 e. The zero-order valence-electron chi connectivity index (χ0n) is 9.72. The van der Waals surface area contributed by atoms with Crippen molar-refractivity contribution < 1.29 is 4.79 Å². The molecule has 0 saturated carbocycles. The number of aliphatic imine (C=N–C) groups is 1. The van der Waals surface area contributed by atoms with Crippen LogP contribution >= 0.6 is 11.6 Å². The lowest BCUT2D eigenvalue weighted by Crippen LogP contribution is -2.26. The third-order valence-electron chi connectivity index (χ3n) is 3.05. The van der Waals surface area contributed by atoms with Crippen molar-refractivity contribution in [1.82, 2.24) is 0 Å². The average Bonchev–Trinajstić information content (AvgIpc) is 2.27. The minimum atomic E-state index is -0.248. The molecular weight excluding hydrogens is 224 g/mol. The summed E-state index contributed by atoms with van der Waals surface area (Å²) in [5, 5.41) is 0.402. The third kappa shape index (κ3) is 2.73. The van der Waals surface area contributed by atoms with Crippen LogP contribution in [0.15, 0.2) is 28.3 Å². The van der Waals surface area contributed by atoms with E-state index in [1.165, 1.54) is 5.57 Å². The molecule has 1 aliphatic rings. The minimum absolute atomic E-state index is 0.100. The van der Waals surface area contributed by atoms with E-state index in [4.69, 9.17) is 17.3 Å².